The number of thioether (sulfide) groups is 1. The van der Waals surface area contributed by atoms with Crippen LogP contribution in [0.3, 0.4) is 0 Å². The second-order valence-electron chi connectivity index (χ2n) is 6.66. The molecule has 0 spiro atoms. The van der Waals surface area contributed by atoms with E-state index in [1.807, 2.05) is 19.1 Å². The number of imide groups is 1. The molecule has 1 fully saturated rings. The molecule has 1 N–H and O–H groups in total. The van der Waals surface area contributed by atoms with E-state index < -0.39 is 17.1 Å². The van der Waals surface area contributed by atoms with E-state index >= 15 is 0 Å². The standard InChI is InChI=1S/C23H22N2O5S/c1-4-12-30-21-16(6-5-7-18(21)29-3)13-19-22(27)25(23(28)31-19)14-20(26)24-17-10-8-15(2)9-11-17/h4-11,13H,1,12,14H2,2-3H3,(H,24,26)/b19-13-. The molecule has 8 heteroatoms. The van der Waals surface area contributed by atoms with Crippen molar-refractivity contribution in [1.29, 1.82) is 0 Å². The third-order valence-corrected chi connectivity index (χ3v) is 5.28. The Bertz CT molecular complexity index is 1050. The van der Waals surface area contributed by atoms with Gasteiger partial charge in [0.2, 0.25) is 5.91 Å². The number of methoxy groups -OCH3 is 1. The van der Waals surface area contributed by atoms with Gasteiger partial charge in [0.15, 0.2) is 11.5 Å². The molecule has 3 rings (SSSR count). The molecule has 2 aromatic rings. The van der Waals surface area contributed by atoms with Crippen LogP contribution in [-0.4, -0.2) is 42.2 Å². The number of ether oxygens (including phenoxy) is 2. The quantitative estimate of drug-likeness (QED) is 0.490. The number of nitrogens with one attached hydrogen (secondary N) is 1. The van der Waals surface area contributed by atoms with Crippen LogP contribution >= 0.6 is 11.8 Å². The number of benzene rings is 2. The summed E-state index contributed by atoms with van der Waals surface area (Å²) >= 11 is 0.775. The molecule has 160 valence electrons. The van der Waals surface area contributed by atoms with Gasteiger partial charge >= 0.3 is 0 Å². The normalized spacial score (nSPS) is 14.6. The predicted molar refractivity (Wildman–Crippen MR) is 121 cm³/mol. The maximum absolute atomic E-state index is 12.8. The third kappa shape index (κ3) is 5.35. The fraction of sp³-hybridized carbons (Fsp3) is 0.174. The second kappa shape index (κ2) is 9.99. The highest BCUT2D eigenvalue weighted by atomic mass is 32.2. The lowest BCUT2D eigenvalue weighted by Gasteiger charge is -2.13. The molecule has 31 heavy (non-hydrogen) atoms. The molecule has 0 unspecified atom stereocenters. The van der Waals surface area contributed by atoms with Crippen LogP contribution in [0.25, 0.3) is 6.08 Å². The average Bonchev–Trinajstić information content (AvgIpc) is 3.01. The molecular formula is C23H22N2O5S. The highest BCUT2D eigenvalue weighted by Gasteiger charge is 2.36. The Labute approximate surface area is 184 Å². The zero-order chi connectivity index (χ0) is 22.4. The molecule has 1 heterocycles. The Morgan fingerprint density at radius 1 is 1.19 bits per heavy atom. The monoisotopic (exact) mass is 438 g/mol. The van der Waals surface area contributed by atoms with E-state index in [-0.39, 0.29) is 18.1 Å². The van der Waals surface area contributed by atoms with Crippen LogP contribution < -0.4 is 14.8 Å². The zero-order valence-electron chi connectivity index (χ0n) is 17.2. The maximum atomic E-state index is 12.8. The smallest absolute Gasteiger partial charge is 0.294 e. The Hall–Kier alpha value is -3.52. The number of carbonyl (C=O) groups excluding carboxylic acids is 3. The third-order valence-electron chi connectivity index (χ3n) is 4.37. The summed E-state index contributed by atoms with van der Waals surface area (Å²) in [4.78, 5) is 38.6. The van der Waals surface area contributed by atoms with Crippen molar-refractivity contribution in [2.45, 2.75) is 6.92 Å². The van der Waals surface area contributed by atoms with Crippen molar-refractivity contribution in [2.75, 3.05) is 25.6 Å². The summed E-state index contributed by atoms with van der Waals surface area (Å²) in [6, 6.07) is 12.5. The second-order valence-corrected chi connectivity index (χ2v) is 7.65. The number of hydrogen-bond acceptors (Lipinski definition) is 6. The molecule has 0 saturated carbocycles. The Balaban J connectivity index is 1.77. The lowest BCUT2D eigenvalue weighted by atomic mass is 10.1. The largest absolute Gasteiger partial charge is 0.493 e. The molecule has 0 radical (unpaired) electrons. The Morgan fingerprint density at radius 3 is 2.61 bits per heavy atom. The zero-order valence-corrected chi connectivity index (χ0v) is 18.0. The van der Waals surface area contributed by atoms with E-state index in [1.165, 1.54) is 7.11 Å². The Kier molecular flexibility index (Phi) is 7.15. The van der Waals surface area contributed by atoms with Gasteiger partial charge in [0, 0.05) is 11.3 Å². The number of para-hydroxylation sites is 1. The number of amides is 3. The molecule has 7 nitrogen and oxygen atoms in total. The molecule has 0 aliphatic carbocycles. The van der Waals surface area contributed by atoms with E-state index in [4.69, 9.17) is 9.47 Å². The highest BCUT2D eigenvalue weighted by Crippen LogP contribution is 2.37. The van der Waals surface area contributed by atoms with Crippen LogP contribution in [-0.2, 0) is 9.59 Å². The Morgan fingerprint density at radius 2 is 1.94 bits per heavy atom. The van der Waals surface area contributed by atoms with Gasteiger partial charge in [0.1, 0.15) is 13.2 Å². The summed E-state index contributed by atoms with van der Waals surface area (Å²) in [6.45, 7) is 5.45. The maximum Gasteiger partial charge on any atom is 0.294 e. The SMILES string of the molecule is C=CCOc1c(/C=C2\SC(=O)N(CC(=O)Nc3ccc(C)cc3)C2=O)cccc1OC. The summed E-state index contributed by atoms with van der Waals surface area (Å²) in [5.74, 6) is -0.0588. The molecule has 0 aromatic heterocycles. The van der Waals surface area contributed by atoms with E-state index in [0.29, 0.717) is 22.7 Å². The predicted octanol–water partition coefficient (Wildman–Crippen LogP) is 4.24. The van der Waals surface area contributed by atoms with Crippen molar-refractivity contribution >= 4 is 40.6 Å². The van der Waals surface area contributed by atoms with Crippen LogP contribution in [0.2, 0.25) is 0 Å². The topological polar surface area (TPSA) is 84.9 Å². The van der Waals surface area contributed by atoms with Crippen LogP contribution in [0.1, 0.15) is 11.1 Å². The van der Waals surface area contributed by atoms with Crippen LogP contribution in [0.15, 0.2) is 60.0 Å². The van der Waals surface area contributed by atoms with Gasteiger partial charge in [-0.2, -0.15) is 0 Å². The minimum Gasteiger partial charge on any atom is -0.493 e. The van der Waals surface area contributed by atoms with Gasteiger partial charge in [-0.15, -0.1) is 0 Å². The number of carbonyl (C=O) groups is 3. The first-order valence-corrected chi connectivity index (χ1v) is 10.3. The fourth-order valence-corrected chi connectivity index (χ4v) is 3.69. The number of aryl methyl sites for hydroxylation is 1. The van der Waals surface area contributed by atoms with E-state index in [9.17, 15) is 14.4 Å². The molecule has 0 atom stereocenters. The molecule has 1 aliphatic heterocycles. The molecule has 1 aliphatic rings. The lowest BCUT2D eigenvalue weighted by Crippen LogP contribution is -2.36. The number of anilines is 1. The van der Waals surface area contributed by atoms with Crippen LogP contribution in [0.4, 0.5) is 10.5 Å². The summed E-state index contributed by atoms with van der Waals surface area (Å²) in [6.07, 6.45) is 3.15. The first-order chi connectivity index (χ1) is 14.9. The number of rotatable bonds is 8. The van der Waals surface area contributed by atoms with Crippen LogP contribution in [0.5, 0.6) is 11.5 Å². The van der Waals surface area contributed by atoms with Gasteiger partial charge in [-0.3, -0.25) is 19.3 Å². The molecular weight excluding hydrogens is 416 g/mol. The van der Waals surface area contributed by atoms with Gasteiger partial charge in [0.25, 0.3) is 11.1 Å². The van der Waals surface area contributed by atoms with Gasteiger partial charge in [-0.1, -0.05) is 42.5 Å². The van der Waals surface area contributed by atoms with Crippen molar-refractivity contribution < 1.29 is 23.9 Å². The van der Waals surface area contributed by atoms with Gasteiger partial charge in [0.05, 0.1) is 12.0 Å². The van der Waals surface area contributed by atoms with Crippen LogP contribution in [0, 0.1) is 6.92 Å². The van der Waals surface area contributed by atoms with E-state index in [1.54, 1.807) is 42.5 Å². The summed E-state index contributed by atoms with van der Waals surface area (Å²) in [5.41, 5.74) is 2.23. The first kappa shape index (κ1) is 22.2. The minimum absolute atomic E-state index is 0.199. The van der Waals surface area contributed by atoms with Crippen molar-refractivity contribution in [1.82, 2.24) is 4.90 Å². The van der Waals surface area contributed by atoms with E-state index in [2.05, 4.69) is 11.9 Å². The van der Waals surface area contributed by atoms with Gasteiger partial charge < -0.3 is 14.8 Å². The highest BCUT2D eigenvalue weighted by molar-refractivity contribution is 8.18. The number of hydrogen-bond donors (Lipinski definition) is 1. The lowest BCUT2D eigenvalue weighted by molar-refractivity contribution is -0.127. The average molecular weight is 439 g/mol. The molecule has 0 bridgehead atoms. The van der Waals surface area contributed by atoms with Crippen molar-refractivity contribution in [3.8, 4) is 11.5 Å². The molecule has 2 aromatic carbocycles. The number of nitrogens with zero attached hydrogens (tertiary/aromatic N) is 1. The summed E-state index contributed by atoms with van der Waals surface area (Å²) < 4.78 is 11.0. The van der Waals surface area contributed by atoms with Gasteiger partial charge in [-0.25, -0.2) is 0 Å². The minimum atomic E-state index is -0.536. The molecule has 3 amide bonds. The van der Waals surface area contributed by atoms with Crippen molar-refractivity contribution in [3.63, 3.8) is 0 Å². The fourth-order valence-electron chi connectivity index (χ4n) is 2.86. The summed E-state index contributed by atoms with van der Waals surface area (Å²) in [5, 5.41) is 2.18. The molecule has 1 saturated heterocycles. The first-order valence-electron chi connectivity index (χ1n) is 9.45. The van der Waals surface area contributed by atoms with Gasteiger partial charge in [-0.05, 0) is 43.0 Å². The van der Waals surface area contributed by atoms with Crippen molar-refractivity contribution in [2.24, 2.45) is 0 Å². The summed E-state index contributed by atoms with van der Waals surface area (Å²) in [7, 11) is 1.51. The van der Waals surface area contributed by atoms with Crippen molar-refractivity contribution in [3.05, 3.63) is 71.2 Å². The van der Waals surface area contributed by atoms with E-state index in [0.717, 1.165) is 22.2 Å².